The molecule has 0 N–H and O–H groups in total. The monoisotopic (exact) mass is 344 g/mol. The van der Waals surface area contributed by atoms with Crippen LogP contribution in [0.4, 0.5) is 0 Å². The van der Waals surface area contributed by atoms with Crippen LogP contribution >= 0.6 is 11.3 Å². The smallest absolute Gasteiger partial charge is 0.107 e. The number of likely N-dealkylation sites (tertiary alicyclic amines) is 1. The van der Waals surface area contributed by atoms with E-state index in [0.29, 0.717) is 6.61 Å². The van der Waals surface area contributed by atoms with E-state index in [-0.39, 0.29) is 11.7 Å². The third kappa shape index (κ3) is 3.86. The van der Waals surface area contributed by atoms with Crippen LogP contribution in [0.2, 0.25) is 0 Å². The molecule has 24 heavy (non-hydrogen) atoms. The summed E-state index contributed by atoms with van der Waals surface area (Å²) in [6, 6.07) is 10.4. The average Bonchev–Trinajstić information content (AvgIpc) is 3.27. The molecule has 1 atom stereocenters. The van der Waals surface area contributed by atoms with Gasteiger partial charge in [-0.3, -0.25) is 4.90 Å². The summed E-state index contributed by atoms with van der Waals surface area (Å²) < 4.78 is 12.3. The van der Waals surface area contributed by atoms with Crippen LogP contribution in [-0.2, 0) is 22.6 Å². The van der Waals surface area contributed by atoms with Gasteiger partial charge < -0.3 is 9.47 Å². The van der Waals surface area contributed by atoms with E-state index in [4.69, 9.17) is 9.47 Å². The first kappa shape index (κ1) is 16.2. The summed E-state index contributed by atoms with van der Waals surface area (Å²) in [6.07, 6.45) is 5.36. The Morgan fingerprint density at radius 1 is 1.25 bits per heavy atom. The van der Waals surface area contributed by atoms with Crippen molar-refractivity contribution >= 4 is 11.3 Å². The average molecular weight is 344 g/mol. The van der Waals surface area contributed by atoms with Gasteiger partial charge >= 0.3 is 0 Å². The van der Waals surface area contributed by atoms with E-state index in [2.05, 4.69) is 39.5 Å². The van der Waals surface area contributed by atoms with E-state index in [9.17, 15) is 0 Å². The number of hydrogen-bond acceptors (Lipinski definition) is 5. The fraction of sp³-hybridized carbons (Fsp3) is 0.526. The van der Waals surface area contributed by atoms with Crippen LogP contribution in [-0.4, -0.2) is 41.3 Å². The second-order valence-electron chi connectivity index (χ2n) is 6.82. The van der Waals surface area contributed by atoms with Crippen LogP contribution in [0.5, 0.6) is 0 Å². The Labute approximate surface area is 147 Å². The molecule has 5 heteroatoms. The Kier molecular flexibility index (Phi) is 4.94. The number of aromatic nitrogens is 1. The van der Waals surface area contributed by atoms with Crippen molar-refractivity contribution in [2.45, 2.75) is 44.1 Å². The highest BCUT2D eigenvalue weighted by atomic mass is 32.1. The SMILES string of the molecule is c1ccc(CO[C@H]2COC3(CCN(Cc4nccs4)CC3)C2)cc1. The maximum Gasteiger partial charge on any atom is 0.107 e. The molecule has 128 valence electrons. The van der Waals surface area contributed by atoms with Gasteiger partial charge in [-0.1, -0.05) is 30.3 Å². The lowest BCUT2D eigenvalue weighted by Crippen LogP contribution is -2.43. The minimum absolute atomic E-state index is 0.0424. The second kappa shape index (κ2) is 7.31. The van der Waals surface area contributed by atoms with Gasteiger partial charge in [-0.25, -0.2) is 4.98 Å². The summed E-state index contributed by atoms with van der Waals surface area (Å²) in [6.45, 7) is 4.57. The van der Waals surface area contributed by atoms with Crippen LogP contribution in [0.3, 0.4) is 0 Å². The minimum Gasteiger partial charge on any atom is -0.372 e. The van der Waals surface area contributed by atoms with Gasteiger partial charge in [-0.15, -0.1) is 11.3 Å². The Morgan fingerprint density at radius 3 is 2.83 bits per heavy atom. The van der Waals surface area contributed by atoms with Crippen molar-refractivity contribution in [1.29, 1.82) is 0 Å². The molecule has 0 aliphatic carbocycles. The molecule has 0 unspecified atom stereocenters. The number of thiazole rings is 1. The molecule has 4 nitrogen and oxygen atoms in total. The van der Waals surface area contributed by atoms with Crippen molar-refractivity contribution in [3.8, 4) is 0 Å². The number of piperidine rings is 1. The van der Waals surface area contributed by atoms with E-state index in [0.717, 1.165) is 45.5 Å². The number of nitrogens with zero attached hydrogens (tertiary/aromatic N) is 2. The third-order valence-electron chi connectivity index (χ3n) is 5.11. The Hall–Kier alpha value is -1.27. The van der Waals surface area contributed by atoms with E-state index in [1.165, 1.54) is 10.6 Å². The molecule has 2 saturated heterocycles. The maximum atomic E-state index is 6.20. The predicted molar refractivity (Wildman–Crippen MR) is 94.9 cm³/mol. The fourth-order valence-corrected chi connectivity index (χ4v) is 4.34. The summed E-state index contributed by atoms with van der Waals surface area (Å²) in [5, 5.41) is 3.26. The number of benzene rings is 1. The summed E-state index contributed by atoms with van der Waals surface area (Å²) in [5.74, 6) is 0. The van der Waals surface area contributed by atoms with Gasteiger partial charge in [0, 0.05) is 31.1 Å². The molecular weight excluding hydrogens is 320 g/mol. The Morgan fingerprint density at radius 2 is 2.08 bits per heavy atom. The molecule has 3 heterocycles. The standard InChI is InChI=1S/C19H24N2O2S/c1-2-4-16(5-3-1)14-22-17-12-19(23-15-17)6-9-21(10-7-19)13-18-20-8-11-24-18/h1-5,8,11,17H,6-7,9-10,12-15H2/t17-/m1/s1. The fourth-order valence-electron chi connectivity index (χ4n) is 3.69. The van der Waals surface area contributed by atoms with Crippen molar-refractivity contribution in [2.75, 3.05) is 19.7 Å². The minimum atomic E-state index is 0.0424. The van der Waals surface area contributed by atoms with Gasteiger partial charge in [0.25, 0.3) is 0 Å². The van der Waals surface area contributed by atoms with E-state index >= 15 is 0 Å². The van der Waals surface area contributed by atoms with Crippen LogP contribution < -0.4 is 0 Å². The highest BCUT2D eigenvalue weighted by Crippen LogP contribution is 2.37. The molecule has 4 rings (SSSR count). The highest BCUT2D eigenvalue weighted by molar-refractivity contribution is 7.09. The predicted octanol–water partition coefficient (Wildman–Crippen LogP) is 3.48. The molecule has 1 aromatic carbocycles. The molecule has 2 aliphatic rings. The summed E-state index contributed by atoms with van der Waals surface area (Å²) in [7, 11) is 0. The summed E-state index contributed by atoms with van der Waals surface area (Å²) >= 11 is 1.74. The maximum absolute atomic E-state index is 6.20. The second-order valence-corrected chi connectivity index (χ2v) is 7.80. The number of ether oxygens (including phenoxy) is 2. The Balaban J connectivity index is 1.24. The molecule has 0 saturated carbocycles. The number of hydrogen-bond donors (Lipinski definition) is 0. The van der Waals surface area contributed by atoms with Crippen molar-refractivity contribution in [1.82, 2.24) is 9.88 Å². The lowest BCUT2D eigenvalue weighted by molar-refractivity contribution is -0.0468. The molecule has 0 bridgehead atoms. The highest BCUT2D eigenvalue weighted by Gasteiger charge is 2.43. The molecule has 2 aliphatic heterocycles. The Bertz CT molecular complexity index is 624. The van der Waals surface area contributed by atoms with Crippen molar-refractivity contribution in [3.05, 3.63) is 52.5 Å². The topological polar surface area (TPSA) is 34.6 Å². The normalized spacial score (nSPS) is 23.8. The van der Waals surface area contributed by atoms with Crippen LogP contribution in [0, 0.1) is 0 Å². The molecule has 0 amide bonds. The quantitative estimate of drug-likeness (QED) is 0.832. The van der Waals surface area contributed by atoms with Crippen LogP contribution in [0.25, 0.3) is 0 Å². The number of rotatable bonds is 5. The van der Waals surface area contributed by atoms with Gasteiger partial charge in [0.2, 0.25) is 0 Å². The van der Waals surface area contributed by atoms with Crippen molar-refractivity contribution in [3.63, 3.8) is 0 Å². The molecular formula is C19H24N2O2S. The first-order valence-electron chi connectivity index (χ1n) is 8.72. The molecule has 1 aromatic heterocycles. The zero-order valence-corrected chi connectivity index (χ0v) is 14.7. The van der Waals surface area contributed by atoms with Crippen LogP contribution in [0.1, 0.15) is 29.8 Å². The summed E-state index contributed by atoms with van der Waals surface area (Å²) in [5.41, 5.74) is 1.28. The largest absolute Gasteiger partial charge is 0.372 e. The van der Waals surface area contributed by atoms with Gasteiger partial charge in [0.15, 0.2) is 0 Å². The summed E-state index contributed by atoms with van der Waals surface area (Å²) in [4.78, 5) is 6.88. The van der Waals surface area contributed by atoms with Crippen LogP contribution in [0.15, 0.2) is 41.9 Å². The molecule has 2 fully saturated rings. The first-order valence-corrected chi connectivity index (χ1v) is 9.60. The van der Waals surface area contributed by atoms with E-state index in [1.54, 1.807) is 11.3 Å². The van der Waals surface area contributed by atoms with E-state index < -0.39 is 0 Å². The zero-order chi connectivity index (χ0) is 16.2. The lowest BCUT2D eigenvalue weighted by Gasteiger charge is -2.38. The molecule has 0 radical (unpaired) electrons. The van der Waals surface area contributed by atoms with Crippen molar-refractivity contribution < 1.29 is 9.47 Å². The van der Waals surface area contributed by atoms with E-state index in [1.807, 2.05) is 12.3 Å². The lowest BCUT2D eigenvalue weighted by atomic mass is 9.88. The van der Waals surface area contributed by atoms with Gasteiger partial charge in [0.1, 0.15) is 5.01 Å². The molecule has 2 aromatic rings. The van der Waals surface area contributed by atoms with Gasteiger partial charge in [-0.05, 0) is 18.4 Å². The van der Waals surface area contributed by atoms with Gasteiger partial charge in [-0.2, -0.15) is 0 Å². The first-order chi connectivity index (χ1) is 11.8. The molecule has 1 spiro atoms. The van der Waals surface area contributed by atoms with Crippen molar-refractivity contribution in [2.24, 2.45) is 0 Å². The zero-order valence-electron chi connectivity index (χ0n) is 13.9. The third-order valence-corrected chi connectivity index (χ3v) is 5.88. The van der Waals surface area contributed by atoms with Gasteiger partial charge in [0.05, 0.1) is 31.5 Å².